The summed E-state index contributed by atoms with van der Waals surface area (Å²) in [4.78, 5) is 8.52. The van der Waals surface area contributed by atoms with Gasteiger partial charge in [0, 0.05) is 45.2 Å². The fraction of sp³-hybridized carbons (Fsp3) is 0.500. The number of piperazine rings is 1. The highest BCUT2D eigenvalue weighted by Crippen LogP contribution is 2.11. The lowest BCUT2D eigenvalue weighted by Crippen LogP contribution is -2.49. The summed E-state index contributed by atoms with van der Waals surface area (Å²) in [7, 11) is 0. The van der Waals surface area contributed by atoms with Gasteiger partial charge in [-0.2, -0.15) is 10.4 Å². The molecular formula is C16H24N8. The van der Waals surface area contributed by atoms with Crippen LogP contribution < -0.4 is 5.73 Å². The predicted octanol–water partition coefficient (Wildman–Crippen LogP) is 1.33. The maximum atomic E-state index is 8.63. The van der Waals surface area contributed by atoms with Gasteiger partial charge in [-0.15, -0.1) is 0 Å². The number of rotatable bonds is 6. The van der Waals surface area contributed by atoms with E-state index in [0.717, 1.165) is 38.4 Å². The van der Waals surface area contributed by atoms with Gasteiger partial charge in [-0.1, -0.05) is 6.08 Å². The molecule has 0 amide bonds. The fourth-order valence-corrected chi connectivity index (χ4v) is 2.57. The van der Waals surface area contributed by atoms with Gasteiger partial charge in [0.15, 0.2) is 5.82 Å². The Morgan fingerprint density at radius 1 is 1.50 bits per heavy atom. The molecule has 24 heavy (non-hydrogen) atoms. The van der Waals surface area contributed by atoms with Crippen LogP contribution in [0.4, 0.5) is 5.82 Å². The van der Waals surface area contributed by atoms with Crippen molar-refractivity contribution in [1.82, 2.24) is 20.0 Å². The van der Waals surface area contributed by atoms with Gasteiger partial charge in [-0.05, 0) is 13.0 Å². The van der Waals surface area contributed by atoms with Gasteiger partial charge >= 0.3 is 0 Å². The quantitative estimate of drug-likeness (QED) is 0.537. The number of nitrogens with one attached hydrogen (secondary N) is 2. The first-order chi connectivity index (χ1) is 11.6. The van der Waals surface area contributed by atoms with Crippen LogP contribution in [0.1, 0.15) is 25.5 Å². The van der Waals surface area contributed by atoms with E-state index in [1.807, 2.05) is 30.0 Å². The van der Waals surface area contributed by atoms with Crippen molar-refractivity contribution >= 4 is 23.6 Å². The maximum Gasteiger partial charge on any atom is 0.175 e. The number of hydrogen-bond donors (Lipinski definition) is 3. The van der Waals surface area contributed by atoms with E-state index in [1.165, 1.54) is 0 Å². The van der Waals surface area contributed by atoms with Crippen LogP contribution in [0.2, 0.25) is 0 Å². The summed E-state index contributed by atoms with van der Waals surface area (Å²) in [5.74, 6) is 1.38. The summed E-state index contributed by atoms with van der Waals surface area (Å²) >= 11 is 0. The molecule has 1 aromatic rings. The molecule has 0 unspecified atom stereocenters. The van der Waals surface area contributed by atoms with Gasteiger partial charge in [0.25, 0.3) is 0 Å². The number of nitrogens with two attached hydrogens (primary N) is 1. The normalized spacial score (nSPS) is 16.5. The van der Waals surface area contributed by atoms with E-state index in [-0.39, 0.29) is 0 Å². The van der Waals surface area contributed by atoms with E-state index >= 15 is 0 Å². The van der Waals surface area contributed by atoms with Crippen molar-refractivity contribution in [3.63, 3.8) is 0 Å². The second-order valence-electron chi connectivity index (χ2n) is 5.64. The SMILES string of the molecule is C/C=C/c1cc(N=C(N)CC(=N)N2CCN(CCC#N)CC2)n[nH]1. The number of H-pyrrole nitrogens is 1. The molecular weight excluding hydrogens is 304 g/mol. The Balaban J connectivity index is 1.83. The van der Waals surface area contributed by atoms with Crippen molar-refractivity contribution in [3.8, 4) is 6.07 Å². The van der Waals surface area contributed by atoms with E-state index in [4.69, 9.17) is 16.4 Å². The summed E-state index contributed by atoms with van der Waals surface area (Å²) in [5.41, 5.74) is 6.82. The zero-order chi connectivity index (χ0) is 17.4. The van der Waals surface area contributed by atoms with Crippen LogP contribution in [0, 0.1) is 16.7 Å². The molecule has 0 saturated carbocycles. The molecule has 0 atom stereocenters. The minimum Gasteiger partial charge on any atom is -0.387 e. The van der Waals surface area contributed by atoms with Crippen molar-refractivity contribution in [3.05, 3.63) is 17.8 Å². The van der Waals surface area contributed by atoms with Crippen LogP contribution in [-0.2, 0) is 0 Å². The van der Waals surface area contributed by atoms with Crippen molar-refractivity contribution in [2.75, 3.05) is 32.7 Å². The molecule has 0 bridgehead atoms. The monoisotopic (exact) mass is 328 g/mol. The lowest BCUT2D eigenvalue weighted by Gasteiger charge is -2.35. The Bertz CT molecular complexity index is 643. The number of nitriles is 1. The number of hydrogen-bond acceptors (Lipinski definition) is 5. The maximum absolute atomic E-state index is 8.63. The molecule has 2 rings (SSSR count). The number of nitrogens with zero attached hydrogens (tertiary/aromatic N) is 5. The number of amidine groups is 2. The summed E-state index contributed by atoms with van der Waals surface area (Å²) in [6, 6.07) is 3.98. The molecule has 0 spiro atoms. The average Bonchev–Trinajstić information content (AvgIpc) is 3.00. The van der Waals surface area contributed by atoms with Crippen molar-refractivity contribution < 1.29 is 0 Å². The Labute approximate surface area is 142 Å². The Morgan fingerprint density at radius 3 is 2.92 bits per heavy atom. The van der Waals surface area contributed by atoms with Crippen LogP contribution in [0.25, 0.3) is 6.08 Å². The van der Waals surface area contributed by atoms with Gasteiger partial charge in [-0.3, -0.25) is 15.4 Å². The fourth-order valence-electron chi connectivity index (χ4n) is 2.57. The smallest absolute Gasteiger partial charge is 0.175 e. The van der Waals surface area contributed by atoms with Gasteiger partial charge in [0.2, 0.25) is 0 Å². The largest absolute Gasteiger partial charge is 0.387 e. The summed E-state index contributed by atoms with van der Waals surface area (Å²) in [6.45, 7) is 6.03. The molecule has 8 heteroatoms. The van der Waals surface area contributed by atoms with Gasteiger partial charge < -0.3 is 10.6 Å². The van der Waals surface area contributed by atoms with Gasteiger partial charge in [-0.25, -0.2) is 4.99 Å². The minimum absolute atomic E-state index is 0.310. The van der Waals surface area contributed by atoms with Crippen molar-refractivity contribution in [1.29, 1.82) is 10.7 Å². The molecule has 1 fully saturated rings. The number of aromatic amines is 1. The van der Waals surface area contributed by atoms with Crippen molar-refractivity contribution in [2.24, 2.45) is 10.7 Å². The predicted molar refractivity (Wildman–Crippen MR) is 95.2 cm³/mol. The van der Waals surface area contributed by atoms with Gasteiger partial charge in [0.05, 0.1) is 18.2 Å². The second kappa shape index (κ2) is 8.84. The summed E-state index contributed by atoms with van der Waals surface area (Å²) < 4.78 is 0. The van der Waals surface area contributed by atoms with E-state index in [2.05, 4.69) is 26.2 Å². The molecule has 0 radical (unpaired) electrons. The average molecular weight is 328 g/mol. The number of allylic oxidation sites excluding steroid dienone is 1. The third kappa shape index (κ3) is 5.21. The molecule has 0 aromatic carbocycles. The lowest BCUT2D eigenvalue weighted by molar-refractivity contribution is 0.184. The first-order valence-electron chi connectivity index (χ1n) is 8.05. The molecule has 1 aromatic heterocycles. The van der Waals surface area contributed by atoms with E-state index in [0.29, 0.717) is 30.3 Å². The van der Waals surface area contributed by atoms with Crippen LogP contribution in [-0.4, -0.2) is 64.4 Å². The molecule has 8 nitrogen and oxygen atoms in total. The van der Waals surface area contributed by atoms with Crippen LogP contribution in [0.3, 0.4) is 0 Å². The Morgan fingerprint density at radius 2 is 2.25 bits per heavy atom. The highest BCUT2D eigenvalue weighted by molar-refractivity contribution is 6.01. The van der Waals surface area contributed by atoms with Crippen LogP contribution >= 0.6 is 0 Å². The zero-order valence-corrected chi connectivity index (χ0v) is 14.0. The number of aromatic nitrogens is 2. The third-order valence-electron chi connectivity index (χ3n) is 3.83. The highest BCUT2D eigenvalue weighted by Gasteiger charge is 2.19. The van der Waals surface area contributed by atoms with Crippen molar-refractivity contribution in [2.45, 2.75) is 19.8 Å². The Kier molecular flexibility index (Phi) is 6.51. The van der Waals surface area contributed by atoms with E-state index in [1.54, 1.807) is 0 Å². The van der Waals surface area contributed by atoms with E-state index in [9.17, 15) is 0 Å². The molecule has 1 aliphatic rings. The van der Waals surface area contributed by atoms with Crippen LogP contribution in [0.15, 0.2) is 17.1 Å². The lowest BCUT2D eigenvalue weighted by atomic mass is 10.2. The minimum atomic E-state index is 0.310. The second-order valence-corrected chi connectivity index (χ2v) is 5.64. The standard InChI is InChI=1S/C16H24N8/c1-2-4-13-11-16(22-21-13)20-14(18)12-15(19)24-9-7-23(8-10-24)6-3-5-17/h2,4,11,19H,3,6-10,12H2,1H3,(H3,18,20,21,22)/b4-2+,19-15?. The molecule has 2 heterocycles. The first-order valence-corrected chi connectivity index (χ1v) is 8.05. The summed E-state index contributed by atoms with van der Waals surface area (Å²) in [6.07, 6.45) is 4.67. The molecule has 0 aliphatic carbocycles. The van der Waals surface area contributed by atoms with Gasteiger partial charge in [0.1, 0.15) is 11.7 Å². The topological polar surface area (TPSA) is 121 Å². The molecule has 1 aliphatic heterocycles. The molecule has 4 N–H and O–H groups in total. The van der Waals surface area contributed by atoms with E-state index < -0.39 is 0 Å². The zero-order valence-electron chi connectivity index (χ0n) is 14.0. The molecule has 128 valence electrons. The highest BCUT2D eigenvalue weighted by atomic mass is 15.3. The third-order valence-corrected chi connectivity index (χ3v) is 3.83. The van der Waals surface area contributed by atoms with Crippen LogP contribution in [0.5, 0.6) is 0 Å². The Hall–Kier alpha value is -2.66. The first kappa shape index (κ1) is 17.7. The summed E-state index contributed by atoms with van der Waals surface area (Å²) in [5, 5.41) is 23.8. The molecule has 1 saturated heterocycles. The number of aliphatic imine (C=N–C) groups is 1.